The number of aryl methyl sites for hydroxylation is 1. The predicted octanol–water partition coefficient (Wildman–Crippen LogP) is 3.28. The smallest absolute Gasteiger partial charge is 0.341 e. The Bertz CT molecular complexity index is 1460. The molecule has 0 fully saturated rings. The van der Waals surface area contributed by atoms with Crippen LogP contribution in [0.3, 0.4) is 0 Å². The van der Waals surface area contributed by atoms with Crippen molar-refractivity contribution in [2.75, 3.05) is 10.6 Å². The molecule has 2 aromatic heterocycles. The highest BCUT2D eigenvalue weighted by Crippen LogP contribution is 2.35. The second kappa shape index (κ2) is 8.50. The first-order valence-electron chi connectivity index (χ1n) is 10.7. The Hall–Kier alpha value is -4.42. The van der Waals surface area contributed by atoms with Crippen LogP contribution in [0.1, 0.15) is 33.1 Å². The van der Waals surface area contributed by atoms with Crippen LogP contribution in [0, 0.1) is 19.3 Å². The quantitative estimate of drug-likeness (QED) is 0.327. The molecule has 9 heteroatoms. The average Bonchev–Trinajstić information content (AvgIpc) is 3.34. The van der Waals surface area contributed by atoms with Crippen molar-refractivity contribution >= 4 is 34.3 Å². The number of aromatic carboxylic acids is 1. The van der Waals surface area contributed by atoms with Gasteiger partial charge in [0.1, 0.15) is 17.9 Å². The van der Waals surface area contributed by atoms with Gasteiger partial charge in [0.25, 0.3) is 0 Å². The molecule has 34 heavy (non-hydrogen) atoms. The van der Waals surface area contributed by atoms with Gasteiger partial charge in [-0.15, -0.1) is 6.42 Å². The summed E-state index contributed by atoms with van der Waals surface area (Å²) in [6.45, 7) is 2.28. The van der Waals surface area contributed by atoms with Crippen molar-refractivity contribution in [3.05, 3.63) is 71.0 Å². The average molecular weight is 454 g/mol. The number of fused-ring (bicyclic) bond motifs is 2. The van der Waals surface area contributed by atoms with E-state index in [2.05, 4.69) is 31.6 Å². The Labute approximate surface area is 195 Å². The minimum Gasteiger partial charge on any atom is -0.477 e. The van der Waals surface area contributed by atoms with Crippen molar-refractivity contribution in [2.45, 2.75) is 32.0 Å². The number of anilines is 3. The number of aliphatic hydroxyl groups excluding tert-OH is 1. The molecule has 1 aliphatic carbocycles. The van der Waals surface area contributed by atoms with E-state index >= 15 is 0 Å². The molecule has 2 heterocycles. The number of hydrogen-bond acceptors (Lipinski definition) is 7. The van der Waals surface area contributed by atoms with Gasteiger partial charge in [0, 0.05) is 23.7 Å². The molecule has 2 atom stereocenters. The lowest BCUT2D eigenvalue weighted by atomic mass is 10.1. The molecular formula is C25H22N6O3. The van der Waals surface area contributed by atoms with Gasteiger partial charge >= 0.3 is 5.97 Å². The Morgan fingerprint density at radius 2 is 2.12 bits per heavy atom. The van der Waals surface area contributed by atoms with Gasteiger partial charge < -0.3 is 20.8 Å². The number of terminal acetylenes is 1. The van der Waals surface area contributed by atoms with Crippen molar-refractivity contribution in [1.82, 2.24) is 19.7 Å². The van der Waals surface area contributed by atoms with Crippen LogP contribution in [0.25, 0.3) is 10.9 Å². The molecule has 170 valence electrons. The van der Waals surface area contributed by atoms with Crippen molar-refractivity contribution in [1.29, 1.82) is 0 Å². The maximum Gasteiger partial charge on any atom is 0.341 e. The van der Waals surface area contributed by atoms with Crippen LogP contribution in [0.2, 0.25) is 0 Å². The van der Waals surface area contributed by atoms with Crippen LogP contribution in [-0.2, 0) is 13.0 Å². The van der Waals surface area contributed by atoms with Crippen molar-refractivity contribution in [3.63, 3.8) is 0 Å². The van der Waals surface area contributed by atoms with Crippen molar-refractivity contribution < 1.29 is 15.0 Å². The maximum absolute atomic E-state index is 11.8. The van der Waals surface area contributed by atoms with Crippen molar-refractivity contribution in [2.24, 2.45) is 0 Å². The summed E-state index contributed by atoms with van der Waals surface area (Å²) in [5.74, 6) is 1.77. The van der Waals surface area contributed by atoms with Crippen LogP contribution in [-0.4, -0.2) is 42.0 Å². The third-order valence-electron chi connectivity index (χ3n) is 5.99. The van der Waals surface area contributed by atoms with E-state index < -0.39 is 18.1 Å². The maximum atomic E-state index is 11.8. The molecule has 0 radical (unpaired) electrons. The molecule has 9 nitrogen and oxygen atoms in total. The lowest BCUT2D eigenvalue weighted by Crippen LogP contribution is -2.23. The topological polar surface area (TPSA) is 125 Å². The van der Waals surface area contributed by atoms with Gasteiger partial charge in [0.05, 0.1) is 23.9 Å². The van der Waals surface area contributed by atoms with E-state index in [1.165, 1.54) is 6.20 Å². The summed E-state index contributed by atoms with van der Waals surface area (Å²) in [6.07, 6.45) is 8.24. The molecule has 4 aromatic rings. The van der Waals surface area contributed by atoms with Crippen LogP contribution in [0.4, 0.5) is 17.5 Å². The van der Waals surface area contributed by atoms with Gasteiger partial charge in [-0.2, -0.15) is 10.1 Å². The Kier molecular flexibility index (Phi) is 5.36. The molecule has 0 bridgehead atoms. The number of carboxylic acid groups (broad SMARTS) is 1. The summed E-state index contributed by atoms with van der Waals surface area (Å²) in [7, 11) is 0. The molecule has 0 saturated carbocycles. The molecule has 0 amide bonds. The fraction of sp³-hybridized carbons (Fsp3) is 0.200. The van der Waals surface area contributed by atoms with E-state index in [1.807, 2.05) is 43.3 Å². The molecule has 0 aliphatic heterocycles. The Morgan fingerprint density at radius 1 is 1.29 bits per heavy atom. The third kappa shape index (κ3) is 3.80. The number of hydrogen-bond donors (Lipinski definition) is 4. The zero-order valence-electron chi connectivity index (χ0n) is 18.4. The van der Waals surface area contributed by atoms with Crippen LogP contribution >= 0.6 is 0 Å². The zero-order valence-corrected chi connectivity index (χ0v) is 18.4. The molecule has 0 saturated heterocycles. The van der Waals surface area contributed by atoms with Crippen LogP contribution in [0.5, 0.6) is 0 Å². The van der Waals surface area contributed by atoms with Gasteiger partial charge in [-0.1, -0.05) is 30.2 Å². The number of carboxylic acids is 1. The summed E-state index contributed by atoms with van der Waals surface area (Å²) >= 11 is 0. The van der Waals surface area contributed by atoms with E-state index in [4.69, 9.17) is 6.42 Å². The summed E-state index contributed by atoms with van der Waals surface area (Å²) in [4.78, 5) is 20.5. The SMILES string of the molecule is C#CCn1ncc2cc(C)c(Nc3ncc(C(=O)O)c(N[C@H]4c5ccccc5C[C@H]4O)n3)cc21. The Morgan fingerprint density at radius 3 is 2.91 bits per heavy atom. The lowest BCUT2D eigenvalue weighted by molar-refractivity contribution is 0.0696. The first-order valence-corrected chi connectivity index (χ1v) is 10.7. The fourth-order valence-corrected chi connectivity index (χ4v) is 4.31. The highest BCUT2D eigenvalue weighted by molar-refractivity contribution is 5.93. The predicted molar refractivity (Wildman–Crippen MR) is 128 cm³/mol. The number of aromatic nitrogens is 4. The van der Waals surface area contributed by atoms with Crippen molar-refractivity contribution in [3.8, 4) is 12.3 Å². The van der Waals surface area contributed by atoms with E-state index in [-0.39, 0.29) is 17.3 Å². The number of nitrogens with one attached hydrogen (secondary N) is 2. The normalized spacial score (nSPS) is 16.7. The lowest BCUT2D eigenvalue weighted by Gasteiger charge is -2.20. The number of benzene rings is 2. The number of nitrogens with zero attached hydrogens (tertiary/aromatic N) is 4. The van der Waals surface area contributed by atoms with Gasteiger partial charge in [-0.25, -0.2) is 9.78 Å². The first kappa shape index (κ1) is 21.4. The van der Waals surface area contributed by atoms with Gasteiger partial charge in [0.2, 0.25) is 5.95 Å². The molecule has 5 rings (SSSR count). The van der Waals surface area contributed by atoms with E-state index in [0.717, 1.165) is 33.3 Å². The summed E-state index contributed by atoms with van der Waals surface area (Å²) < 4.78 is 1.72. The largest absolute Gasteiger partial charge is 0.477 e. The van der Waals surface area contributed by atoms with Crippen LogP contribution in [0.15, 0.2) is 48.8 Å². The number of aliphatic hydroxyl groups is 1. The fourth-order valence-electron chi connectivity index (χ4n) is 4.31. The van der Waals surface area contributed by atoms with Gasteiger partial charge in [-0.05, 0) is 35.7 Å². The van der Waals surface area contributed by atoms with E-state index in [1.54, 1.807) is 10.9 Å². The molecule has 1 aliphatic rings. The minimum atomic E-state index is -1.16. The highest BCUT2D eigenvalue weighted by atomic mass is 16.4. The molecule has 2 aromatic carbocycles. The monoisotopic (exact) mass is 454 g/mol. The molecule has 4 N–H and O–H groups in total. The minimum absolute atomic E-state index is 0.0820. The summed E-state index contributed by atoms with van der Waals surface area (Å²) in [5, 5.41) is 31.9. The highest BCUT2D eigenvalue weighted by Gasteiger charge is 2.32. The second-order valence-corrected chi connectivity index (χ2v) is 8.21. The summed E-state index contributed by atoms with van der Waals surface area (Å²) in [5.41, 5.74) is 4.39. The van der Waals surface area contributed by atoms with Gasteiger partial charge in [0.15, 0.2) is 0 Å². The standard InChI is InChI=1S/C25H22N6O3/c1-3-8-31-20-11-19(14(2)9-16(20)12-27-31)28-25-26-13-18(24(33)34)23(30-25)29-22-17-7-5-4-6-15(17)10-21(22)32/h1,4-7,9,11-13,21-22,32H,8,10H2,2H3,(H,33,34)(H2,26,28,29,30)/t21-,22+/m1/s1. The van der Waals surface area contributed by atoms with Crippen LogP contribution < -0.4 is 10.6 Å². The van der Waals surface area contributed by atoms with Gasteiger partial charge in [-0.3, -0.25) is 4.68 Å². The zero-order chi connectivity index (χ0) is 23.8. The first-order chi connectivity index (χ1) is 16.4. The van der Waals surface area contributed by atoms with E-state index in [9.17, 15) is 15.0 Å². The summed E-state index contributed by atoms with van der Waals surface area (Å²) in [6, 6.07) is 11.1. The third-order valence-corrected chi connectivity index (χ3v) is 5.99. The second-order valence-electron chi connectivity index (χ2n) is 8.21. The molecule has 0 spiro atoms. The molecular weight excluding hydrogens is 432 g/mol. The molecule has 0 unspecified atom stereocenters. The Balaban J connectivity index is 1.49. The van der Waals surface area contributed by atoms with E-state index in [0.29, 0.717) is 13.0 Å². The number of carbonyl (C=O) groups is 1. The number of rotatable bonds is 6.